The quantitative estimate of drug-likeness (QED) is 0.640. The molecule has 2 atom stereocenters. The fraction of sp³-hybridized carbons (Fsp3) is 0.500. The molecule has 1 N–H and O–H groups in total. The molecule has 1 heterocycles. The number of benzene rings is 1. The number of hydrazone groups is 1. The van der Waals surface area contributed by atoms with E-state index in [1.54, 1.807) is 0 Å². The van der Waals surface area contributed by atoms with E-state index < -0.39 is 40.8 Å². The molecule has 27 heavy (non-hydrogen) atoms. The van der Waals surface area contributed by atoms with Crippen LogP contribution in [0.4, 0.5) is 23.2 Å². The molecule has 1 fully saturated rings. The van der Waals surface area contributed by atoms with E-state index in [9.17, 15) is 27.2 Å². The van der Waals surface area contributed by atoms with Gasteiger partial charge in [-0.05, 0) is 18.8 Å². The van der Waals surface area contributed by atoms with E-state index in [2.05, 4.69) is 10.4 Å². The third-order valence-electron chi connectivity index (χ3n) is 5.02. The molecule has 1 aromatic carbocycles. The van der Waals surface area contributed by atoms with Crippen LogP contribution in [-0.4, -0.2) is 23.6 Å². The summed E-state index contributed by atoms with van der Waals surface area (Å²) in [6, 6.07) is -0.00943. The van der Waals surface area contributed by atoms with Crippen LogP contribution in [0.1, 0.15) is 45.4 Å². The highest BCUT2D eigenvalue weighted by atomic mass is 19.2. The summed E-state index contributed by atoms with van der Waals surface area (Å²) in [4.78, 5) is 24.5. The van der Waals surface area contributed by atoms with Crippen LogP contribution in [0.25, 0.3) is 0 Å². The van der Waals surface area contributed by atoms with Crippen LogP contribution in [-0.2, 0) is 9.59 Å². The standard InChI is InChI=1S/C18H19F4N3O2/c1-9-4-2-3-5-12(9)23-18(27)13-6-7-14(26)25(24-13)17-15(21)10(19)8-11(20)16(17)22/h8-9,12H,2-7H2,1H3,(H,23,27)/t9-,12+/m1/s1. The Kier molecular flexibility index (Phi) is 5.48. The van der Waals surface area contributed by atoms with Gasteiger partial charge in [-0.15, -0.1) is 0 Å². The number of hydrogen-bond acceptors (Lipinski definition) is 3. The van der Waals surface area contributed by atoms with Crippen molar-refractivity contribution in [3.05, 3.63) is 29.3 Å². The van der Waals surface area contributed by atoms with Gasteiger partial charge in [0.05, 0.1) is 0 Å². The van der Waals surface area contributed by atoms with Crippen molar-refractivity contribution in [3.8, 4) is 0 Å². The lowest BCUT2D eigenvalue weighted by Gasteiger charge is -2.30. The molecule has 2 amide bonds. The topological polar surface area (TPSA) is 61.8 Å². The van der Waals surface area contributed by atoms with Gasteiger partial charge in [0, 0.05) is 24.9 Å². The predicted molar refractivity (Wildman–Crippen MR) is 90.0 cm³/mol. The number of carbonyl (C=O) groups excluding carboxylic acids is 2. The predicted octanol–water partition coefficient (Wildman–Crippen LogP) is 3.42. The van der Waals surface area contributed by atoms with Crippen molar-refractivity contribution in [2.24, 2.45) is 11.0 Å². The van der Waals surface area contributed by atoms with E-state index in [1.807, 2.05) is 6.92 Å². The zero-order valence-electron chi connectivity index (χ0n) is 14.7. The molecule has 1 aromatic rings. The zero-order valence-corrected chi connectivity index (χ0v) is 14.7. The van der Waals surface area contributed by atoms with Crippen LogP contribution in [0.2, 0.25) is 0 Å². The number of hydrogen-bond donors (Lipinski definition) is 1. The molecule has 146 valence electrons. The van der Waals surface area contributed by atoms with Crippen LogP contribution < -0.4 is 10.3 Å². The summed E-state index contributed by atoms with van der Waals surface area (Å²) in [7, 11) is 0. The molecule has 0 radical (unpaired) electrons. The van der Waals surface area contributed by atoms with Crippen LogP contribution in [0.3, 0.4) is 0 Å². The van der Waals surface area contributed by atoms with E-state index in [4.69, 9.17) is 0 Å². The highest BCUT2D eigenvalue weighted by Crippen LogP contribution is 2.30. The Morgan fingerprint density at radius 2 is 1.74 bits per heavy atom. The van der Waals surface area contributed by atoms with Gasteiger partial charge in [-0.1, -0.05) is 19.8 Å². The Balaban J connectivity index is 1.89. The van der Waals surface area contributed by atoms with Gasteiger partial charge in [-0.3, -0.25) is 9.59 Å². The fourth-order valence-electron chi connectivity index (χ4n) is 3.42. The number of amides is 2. The average Bonchev–Trinajstić information content (AvgIpc) is 2.63. The van der Waals surface area contributed by atoms with Crippen molar-refractivity contribution in [1.29, 1.82) is 0 Å². The zero-order chi connectivity index (χ0) is 19.7. The number of halogens is 4. The molecule has 3 rings (SSSR count). The lowest BCUT2D eigenvalue weighted by atomic mass is 9.86. The largest absolute Gasteiger partial charge is 0.348 e. The minimum Gasteiger partial charge on any atom is -0.348 e. The van der Waals surface area contributed by atoms with E-state index in [0.29, 0.717) is 0 Å². The van der Waals surface area contributed by atoms with Crippen molar-refractivity contribution in [2.45, 2.75) is 51.5 Å². The maximum absolute atomic E-state index is 14.0. The van der Waals surface area contributed by atoms with Crippen molar-refractivity contribution in [3.63, 3.8) is 0 Å². The molecule has 0 bridgehead atoms. The summed E-state index contributed by atoms with van der Waals surface area (Å²) in [6.45, 7) is 2.02. The van der Waals surface area contributed by atoms with E-state index in [0.717, 1.165) is 25.7 Å². The van der Waals surface area contributed by atoms with Gasteiger partial charge in [0.25, 0.3) is 5.91 Å². The first-order chi connectivity index (χ1) is 12.8. The second kappa shape index (κ2) is 7.66. The summed E-state index contributed by atoms with van der Waals surface area (Å²) in [5, 5.41) is 6.77. The molecular weight excluding hydrogens is 366 g/mol. The molecule has 0 saturated heterocycles. The Morgan fingerprint density at radius 3 is 2.37 bits per heavy atom. The van der Waals surface area contributed by atoms with E-state index in [-0.39, 0.29) is 41.6 Å². The van der Waals surface area contributed by atoms with Crippen LogP contribution in [0.5, 0.6) is 0 Å². The summed E-state index contributed by atoms with van der Waals surface area (Å²) in [6.07, 6.45) is 3.56. The monoisotopic (exact) mass is 385 g/mol. The van der Waals surface area contributed by atoms with Crippen molar-refractivity contribution < 1.29 is 27.2 Å². The lowest BCUT2D eigenvalue weighted by molar-refractivity contribution is -0.119. The fourth-order valence-corrected chi connectivity index (χ4v) is 3.42. The first kappa shape index (κ1) is 19.3. The Morgan fingerprint density at radius 1 is 1.11 bits per heavy atom. The minimum atomic E-state index is -1.74. The Hall–Kier alpha value is -2.45. The SMILES string of the molecule is C[C@@H]1CCCC[C@@H]1NC(=O)C1=NN(c2c(F)c(F)cc(F)c2F)C(=O)CC1. The van der Waals surface area contributed by atoms with Gasteiger partial charge in [0.2, 0.25) is 5.91 Å². The molecular formula is C18H19F4N3O2. The molecule has 1 aliphatic heterocycles. The smallest absolute Gasteiger partial charge is 0.267 e. The molecule has 9 heteroatoms. The van der Waals surface area contributed by atoms with E-state index in [1.165, 1.54) is 0 Å². The second-order valence-electron chi connectivity index (χ2n) is 6.91. The molecule has 1 saturated carbocycles. The number of carbonyl (C=O) groups is 2. The normalized spacial score (nSPS) is 23.2. The molecule has 0 unspecified atom stereocenters. The summed E-state index contributed by atoms with van der Waals surface area (Å²) < 4.78 is 54.9. The number of nitrogens with one attached hydrogen (secondary N) is 1. The number of anilines is 1. The maximum atomic E-state index is 14.0. The average molecular weight is 385 g/mol. The Labute approximate surface area is 153 Å². The van der Waals surface area contributed by atoms with Gasteiger partial charge in [0.1, 0.15) is 11.4 Å². The summed E-state index contributed by atoms with van der Waals surface area (Å²) in [5.74, 6) is -7.93. The second-order valence-corrected chi connectivity index (χ2v) is 6.91. The minimum absolute atomic E-state index is 0.0245. The first-order valence-corrected chi connectivity index (χ1v) is 8.84. The van der Waals surface area contributed by atoms with Gasteiger partial charge in [-0.2, -0.15) is 10.1 Å². The Bertz CT molecular complexity index is 786. The molecule has 2 aliphatic rings. The highest BCUT2D eigenvalue weighted by Gasteiger charge is 2.33. The van der Waals surface area contributed by atoms with Crippen LogP contribution >= 0.6 is 0 Å². The van der Waals surface area contributed by atoms with E-state index >= 15 is 0 Å². The third-order valence-corrected chi connectivity index (χ3v) is 5.02. The van der Waals surface area contributed by atoms with Gasteiger partial charge in [0.15, 0.2) is 23.3 Å². The molecule has 0 aromatic heterocycles. The van der Waals surface area contributed by atoms with Gasteiger partial charge in [-0.25, -0.2) is 17.6 Å². The number of rotatable bonds is 3. The van der Waals surface area contributed by atoms with Gasteiger partial charge >= 0.3 is 0 Å². The maximum Gasteiger partial charge on any atom is 0.267 e. The first-order valence-electron chi connectivity index (χ1n) is 8.84. The lowest BCUT2D eigenvalue weighted by Crippen LogP contribution is -2.46. The molecule has 1 aliphatic carbocycles. The van der Waals surface area contributed by atoms with Crippen LogP contribution in [0.15, 0.2) is 11.2 Å². The van der Waals surface area contributed by atoms with Crippen molar-refractivity contribution in [2.75, 3.05) is 5.01 Å². The number of nitrogens with zero attached hydrogens (tertiary/aromatic N) is 2. The highest BCUT2D eigenvalue weighted by molar-refractivity contribution is 6.40. The van der Waals surface area contributed by atoms with Gasteiger partial charge < -0.3 is 5.32 Å². The third kappa shape index (κ3) is 3.81. The summed E-state index contributed by atoms with van der Waals surface area (Å²) in [5.41, 5.74) is -1.37. The van der Waals surface area contributed by atoms with Crippen LogP contribution in [0, 0.1) is 29.2 Å². The molecule has 5 nitrogen and oxygen atoms in total. The van der Waals surface area contributed by atoms with Crippen molar-refractivity contribution in [1.82, 2.24) is 5.32 Å². The molecule has 0 spiro atoms. The summed E-state index contributed by atoms with van der Waals surface area (Å²) >= 11 is 0. The van der Waals surface area contributed by atoms with Crippen molar-refractivity contribution >= 4 is 23.2 Å².